The molecule has 0 bridgehead atoms. The second kappa shape index (κ2) is 5.98. The fourth-order valence-electron chi connectivity index (χ4n) is 2.79. The maximum atomic E-state index is 6.15. The van der Waals surface area contributed by atoms with Crippen molar-refractivity contribution in [2.75, 3.05) is 19.0 Å². The fraction of sp³-hybridized carbons (Fsp3) is 0.438. The maximum Gasteiger partial charge on any atom is 0.144 e. The highest BCUT2D eigenvalue weighted by molar-refractivity contribution is 6.30. The summed E-state index contributed by atoms with van der Waals surface area (Å²) in [6.07, 6.45) is 4.40. The smallest absolute Gasteiger partial charge is 0.144 e. The van der Waals surface area contributed by atoms with E-state index in [0.717, 1.165) is 43.1 Å². The van der Waals surface area contributed by atoms with Gasteiger partial charge in [0.15, 0.2) is 0 Å². The summed E-state index contributed by atoms with van der Waals surface area (Å²) in [4.78, 5) is 0. The van der Waals surface area contributed by atoms with Gasteiger partial charge in [-0.3, -0.25) is 0 Å². The molecule has 3 rings (SSSR count). The van der Waals surface area contributed by atoms with Crippen molar-refractivity contribution < 1.29 is 4.74 Å². The van der Waals surface area contributed by atoms with Crippen molar-refractivity contribution in [1.82, 2.24) is 9.78 Å². The zero-order chi connectivity index (χ0) is 14.8. The molecule has 21 heavy (non-hydrogen) atoms. The Labute approximate surface area is 130 Å². The first kappa shape index (κ1) is 14.3. The number of nitrogens with zero attached hydrogens (tertiary/aromatic N) is 2. The molecular weight excluding hydrogens is 286 g/mol. The number of aromatic nitrogens is 2. The summed E-state index contributed by atoms with van der Waals surface area (Å²) in [5.41, 5.74) is 3.42. The van der Waals surface area contributed by atoms with Crippen molar-refractivity contribution in [2.24, 2.45) is 0 Å². The second-order valence-electron chi connectivity index (χ2n) is 5.28. The van der Waals surface area contributed by atoms with E-state index in [1.807, 2.05) is 22.9 Å². The van der Waals surface area contributed by atoms with Gasteiger partial charge in [-0.1, -0.05) is 24.9 Å². The van der Waals surface area contributed by atoms with E-state index < -0.39 is 0 Å². The summed E-state index contributed by atoms with van der Waals surface area (Å²) < 4.78 is 7.40. The Balaban J connectivity index is 2.09. The van der Waals surface area contributed by atoms with Crippen molar-refractivity contribution >= 4 is 17.4 Å². The van der Waals surface area contributed by atoms with Gasteiger partial charge in [-0.15, -0.1) is 0 Å². The molecule has 0 saturated carbocycles. The summed E-state index contributed by atoms with van der Waals surface area (Å²) >= 11 is 6.15. The van der Waals surface area contributed by atoms with Crippen molar-refractivity contribution in [3.63, 3.8) is 0 Å². The number of hydrogen-bond acceptors (Lipinski definition) is 3. The first-order chi connectivity index (χ1) is 10.2. The topological polar surface area (TPSA) is 39.1 Å². The summed E-state index contributed by atoms with van der Waals surface area (Å²) in [6, 6.07) is 5.61. The van der Waals surface area contributed by atoms with E-state index in [1.165, 1.54) is 17.7 Å². The molecule has 0 saturated heterocycles. The average Bonchev–Trinajstić information content (AvgIpc) is 3.07. The van der Waals surface area contributed by atoms with E-state index >= 15 is 0 Å². The van der Waals surface area contributed by atoms with E-state index in [-0.39, 0.29) is 0 Å². The summed E-state index contributed by atoms with van der Waals surface area (Å²) in [6.45, 7) is 3.17. The minimum atomic E-state index is 0.683. The molecule has 0 aliphatic carbocycles. The summed E-state index contributed by atoms with van der Waals surface area (Å²) in [5.74, 6) is 1.86. The lowest BCUT2D eigenvalue weighted by Gasteiger charge is -2.11. The van der Waals surface area contributed by atoms with Gasteiger partial charge < -0.3 is 10.1 Å². The van der Waals surface area contributed by atoms with E-state index in [9.17, 15) is 0 Å². The van der Waals surface area contributed by atoms with Gasteiger partial charge in [-0.05, 0) is 37.5 Å². The summed E-state index contributed by atoms with van der Waals surface area (Å²) in [5, 5.41) is 8.92. The van der Waals surface area contributed by atoms with Crippen molar-refractivity contribution in [3.05, 3.63) is 34.5 Å². The van der Waals surface area contributed by atoms with Gasteiger partial charge in [0.25, 0.3) is 0 Å². The van der Waals surface area contributed by atoms with Gasteiger partial charge in [0.1, 0.15) is 17.3 Å². The van der Waals surface area contributed by atoms with Crippen LogP contribution in [-0.2, 0) is 12.8 Å². The number of halogens is 1. The molecule has 1 aromatic heterocycles. The van der Waals surface area contributed by atoms with Crippen LogP contribution < -0.4 is 10.1 Å². The van der Waals surface area contributed by atoms with Crippen LogP contribution in [0.15, 0.2) is 18.2 Å². The zero-order valence-corrected chi connectivity index (χ0v) is 13.2. The lowest BCUT2D eigenvalue weighted by Crippen LogP contribution is -2.06. The molecule has 0 amide bonds. The summed E-state index contributed by atoms with van der Waals surface area (Å²) in [7, 11) is 1.67. The Bertz CT molecular complexity index is 651. The highest BCUT2D eigenvalue weighted by atomic mass is 35.5. The number of unbranched alkanes of at least 4 members (excludes halogenated alkanes) is 1. The predicted octanol–water partition coefficient (Wildman–Crippen LogP) is 3.84. The normalized spacial score (nSPS) is 13.1. The number of aryl methyl sites for hydroxylation is 1. The van der Waals surface area contributed by atoms with Gasteiger partial charge in [-0.2, -0.15) is 5.10 Å². The number of anilines is 1. The van der Waals surface area contributed by atoms with Crippen LogP contribution in [0.4, 0.5) is 5.82 Å². The van der Waals surface area contributed by atoms with Gasteiger partial charge in [0.2, 0.25) is 0 Å². The lowest BCUT2D eigenvalue weighted by molar-refractivity contribution is 0.412. The largest absolute Gasteiger partial charge is 0.494 e. The molecular formula is C16H20ClN3O. The molecule has 1 N–H and O–H groups in total. The third-order valence-corrected chi connectivity index (χ3v) is 4.11. The van der Waals surface area contributed by atoms with E-state index in [1.54, 1.807) is 7.11 Å². The van der Waals surface area contributed by atoms with E-state index in [2.05, 4.69) is 12.2 Å². The standard InChI is InChI=1S/C16H20ClN3O/c1-3-4-5-13-12-8-9-18-16(12)20(19-13)14-10-11(17)6-7-15(14)21-2/h6-7,10,18H,3-5,8-9H2,1-2H3. The average molecular weight is 306 g/mol. The Kier molecular flexibility index (Phi) is 4.06. The lowest BCUT2D eigenvalue weighted by atomic mass is 10.1. The zero-order valence-electron chi connectivity index (χ0n) is 12.4. The number of ether oxygens (including phenoxy) is 1. The first-order valence-electron chi connectivity index (χ1n) is 7.43. The number of rotatable bonds is 5. The molecule has 0 atom stereocenters. The van der Waals surface area contributed by atoms with Crippen LogP contribution in [0.3, 0.4) is 0 Å². The minimum absolute atomic E-state index is 0.683. The van der Waals surface area contributed by atoms with Gasteiger partial charge in [0.05, 0.1) is 12.8 Å². The molecule has 0 spiro atoms. The van der Waals surface area contributed by atoms with E-state index in [4.69, 9.17) is 21.4 Å². The predicted molar refractivity (Wildman–Crippen MR) is 85.9 cm³/mol. The van der Waals surface area contributed by atoms with Crippen LogP contribution in [0, 0.1) is 0 Å². The molecule has 0 unspecified atom stereocenters. The first-order valence-corrected chi connectivity index (χ1v) is 7.81. The van der Waals surface area contributed by atoms with Crippen molar-refractivity contribution in [2.45, 2.75) is 32.6 Å². The highest BCUT2D eigenvalue weighted by Gasteiger charge is 2.24. The number of hydrogen-bond donors (Lipinski definition) is 1. The molecule has 0 fully saturated rings. The Morgan fingerprint density at radius 2 is 2.29 bits per heavy atom. The van der Waals surface area contributed by atoms with Gasteiger partial charge >= 0.3 is 0 Å². The van der Waals surface area contributed by atoms with Crippen LogP contribution >= 0.6 is 11.6 Å². The molecule has 1 aromatic carbocycles. The maximum absolute atomic E-state index is 6.15. The molecule has 4 nitrogen and oxygen atoms in total. The van der Waals surface area contributed by atoms with Crippen molar-refractivity contribution in [1.29, 1.82) is 0 Å². The third-order valence-electron chi connectivity index (χ3n) is 3.87. The molecule has 2 aromatic rings. The molecule has 1 aliphatic heterocycles. The quantitative estimate of drug-likeness (QED) is 0.912. The number of fused-ring (bicyclic) bond motifs is 1. The Morgan fingerprint density at radius 1 is 1.43 bits per heavy atom. The molecule has 5 heteroatoms. The number of benzene rings is 1. The molecule has 0 radical (unpaired) electrons. The fourth-order valence-corrected chi connectivity index (χ4v) is 2.96. The van der Waals surface area contributed by atoms with Crippen LogP contribution in [0.2, 0.25) is 5.02 Å². The molecule has 112 valence electrons. The van der Waals surface area contributed by atoms with Gasteiger partial charge in [0, 0.05) is 17.1 Å². The van der Waals surface area contributed by atoms with Crippen LogP contribution in [0.25, 0.3) is 5.69 Å². The Morgan fingerprint density at radius 3 is 3.05 bits per heavy atom. The number of methoxy groups -OCH3 is 1. The molecule has 1 aliphatic rings. The Hall–Kier alpha value is -1.68. The SMILES string of the molecule is CCCCc1nn(-c2cc(Cl)ccc2OC)c2c1CCN2. The molecule has 2 heterocycles. The van der Waals surface area contributed by atoms with Crippen LogP contribution in [0.5, 0.6) is 5.75 Å². The van der Waals surface area contributed by atoms with E-state index in [0.29, 0.717) is 5.02 Å². The highest BCUT2D eigenvalue weighted by Crippen LogP contribution is 2.34. The van der Waals surface area contributed by atoms with Gasteiger partial charge in [-0.25, -0.2) is 4.68 Å². The monoisotopic (exact) mass is 305 g/mol. The second-order valence-corrected chi connectivity index (χ2v) is 5.72. The van der Waals surface area contributed by atoms with Crippen molar-refractivity contribution in [3.8, 4) is 11.4 Å². The van der Waals surface area contributed by atoms with Crippen LogP contribution in [-0.4, -0.2) is 23.4 Å². The third kappa shape index (κ3) is 2.60. The number of nitrogens with one attached hydrogen (secondary N) is 1. The minimum Gasteiger partial charge on any atom is -0.494 e. The van der Waals surface area contributed by atoms with Crippen LogP contribution in [0.1, 0.15) is 31.0 Å².